The third kappa shape index (κ3) is 4.86. The number of anilines is 1. The van der Waals surface area contributed by atoms with Crippen molar-refractivity contribution in [2.24, 2.45) is 11.8 Å². The average molecular weight is 542 g/mol. The van der Waals surface area contributed by atoms with Crippen molar-refractivity contribution in [3.8, 4) is 5.75 Å². The highest BCUT2D eigenvalue weighted by Crippen LogP contribution is 2.66. The summed E-state index contributed by atoms with van der Waals surface area (Å²) < 4.78 is 4.65. The number of methoxy groups -OCH3 is 1. The van der Waals surface area contributed by atoms with Crippen LogP contribution in [0.3, 0.4) is 0 Å². The number of unbranched alkanes of at least 4 members (excludes halogenated alkanes) is 2. The van der Waals surface area contributed by atoms with Crippen molar-refractivity contribution in [1.82, 2.24) is 9.80 Å². The Kier molecular flexibility index (Phi) is 8.88. The van der Waals surface area contributed by atoms with Gasteiger partial charge in [-0.05, 0) is 56.4 Å². The van der Waals surface area contributed by atoms with Crippen LogP contribution in [-0.4, -0.2) is 89.1 Å². The molecule has 2 unspecified atom stereocenters. The van der Waals surface area contributed by atoms with Crippen molar-refractivity contribution in [3.05, 3.63) is 49.6 Å². The molecule has 0 aromatic heterocycles. The number of carbonyl (C=O) groups excluding carboxylic acids is 3. The highest BCUT2D eigenvalue weighted by molar-refractivity contribution is 8.02. The lowest BCUT2D eigenvalue weighted by Crippen LogP contribution is -2.55. The minimum absolute atomic E-state index is 0.0180. The maximum absolute atomic E-state index is 14.5. The van der Waals surface area contributed by atoms with Crippen molar-refractivity contribution in [2.45, 2.75) is 48.1 Å². The molecule has 0 aliphatic carbocycles. The van der Waals surface area contributed by atoms with Gasteiger partial charge in [-0.25, -0.2) is 0 Å². The molecular weight excluding hydrogens is 502 g/mol. The predicted molar refractivity (Wildman–Crippen MR) is 150 cm³/mol. The molecule has 8 nitrogen and oxygen atoms in total. The van der Waals surface area contributed by atoms with E-state index < -0.39 is 22.6 Å². The Morgan fingerprint density at radius 2 is 1.87 bits per heavy atom. The van der Waals surface area contributed by atoms with Crippen LogP contribution in [0.15, 0.2) is 49.6 Å². The first-order valence-corrected chi connectivity index (χ1v) is 14.2. The number of thioether (sulfide) groups is 1. The molecule has 1 aromatic carbocycles. The molecule has 0 saturated carbocycles. The Hall–Kier alpha value is -2.78. The zero-order valence-electron chi connectivity index (χ0n) is 22.4. The number of fused-ring (bicyclic) bond motifs is 1. The molecule has 2 bridgehead atoms. The summed E-state index contributed by atoms with van der Waals surface area (Å²) in [5.74, 6) is -0.574. The molecule has 1 N–H and O–H groups in total. The fourth-order valence-electron chi connectivity index (χ4n) is 6.42. The standard InChI is InChI=1S/C29H39N3O5S/c1-5-16-30(3)26(34)23-22-14-15-29(38-22)24(23)27(35)32(18-8-7-9-19-33)25(29)28(36)31(17-6-2)20-10-12-21(37-4)13-11-20/h5-6,10-13,22-25,33H,1-2,7-9,14-19H2,3-4H3/t22-,23+,24+,25?,29?/m1/s1. The smallest absolute Gasteiger partial charge is 0.251 e. The van der Waals surface area contributed by atoms with Gasteiger partial charge in [-0.1, -0.05) is 12.2 Å². The van der Waals surface area contributed by atoms with Crippen LogP contribution < -0.4 is 9.64 Å². The summed E-state index contributed by atoms with van der Waals surface area (Å²) in [5, 5.41) is 9.26. The monoisotopic (exact) mass is 541 g/mol. The van der Waals surface area contributed by atoms with Crippen molar-refractivity contribution in [2.75, 3.05) is 45.3 Å². The first-order chi connectivity index (χ1) is 18.3. The molecule has 3 aliphatic heterocycles. The van der Waals surface area contributed by atoms with E-state index >= 15 is 0 Å². The molecule has 3 aliphatic rings. The second-order valence-electron chi connectivity index (χ2n) is 10.3. The number of likely N-dealkylation sites (N-methyl/N-ethyl adjacent to an activating group) is 1. The van der Waals surface area contributed by atoms with E-state index in [2.05, 4.69) is 13.2 Å². The lowest BCUT2D eigenvalue weighted by atomic mass is 9.70. The number of carbonyl (C=O) groups is 3. The SMILES string of the molecule is C=CCN(C)C(=O)[C@@H]1[C@H]2C(=O)N(CCCCCO)C(C(=O)N(CC=C)c3ccc(OC)cc3)C23CC[C@H]1S3. The Labute approximate surface area is 229 Å². The lowest BCUT2D eigenvalue weighted by Gasteiger charge is -2.37. The van der Waals surface area contributed by atoms with Crippen molar-refractivity contribution < 1.29 is 24.2 Å². The molecular formula is C29H39N3O5S. The number of hydrogen-bond donors (Lipinski definition) is 1. The van der Waals surface area contributed by atoms with Gasteiger partial charge in [-0.3, -0.25) is 14.4 Å². The number of nitrogens with zero attached hydrogens (tertiary/aromatic N) is 3. The molecule has 5 atom stereocenters. The van der Waals surface area contributed by atoms with Gasteiger partial charge in [0.1, 0.15) is 11.8 Å². The molecule has 9 heteroatoms. The van der Waals surface area contributed by atoms with Gasteiger partial charge in [-0.2, -0.15) is 0 Å². The molecule has 206 valence electrons. The number of aliphatic hydroxyl groups is 1. The second-order valence-corrected chi connectivity index (χ2v) is 11.9. The molecule has 1 aromatic rings. The summed E-state index contributed by atoms with van der Waals surface area (Å²) in [5.41, 5.74) is 0.708. The van der Waals surface area contributed by atoms with E-state index in [9.17, 15) is 19.5 Å². The predicted octanol–water partition coefficient (Wildman–Crippen LogP) is 3.11. The van der Waals surface area contributed by atoms with Crippen LogP contribution in [-0.2, 0) is 14.4 Å². The molecule has 3 amide bonds. The number of aliphatic hydroxyl groups excluding tert-OH is 1. The third-order valence-corrected chi connectivity index (χ3v) is 10.1. The number of hydrogen-bond acceptors (Lipinski definition) is 6. The topological polar surface area (TPSA) is 90.4 Å². The number of ether oxygens (including phenoxy) is 1. The van der Waals surface area contributed by atoms with Crippen molar-refractivity contribution >= 4 is 35.2 Å². The maximum Gasteiger partial charge on any atom is 0.251 e. The molecule has 0 radical (unpaired) electrons. The van der Waals surface area contributed by atoms with Crippen LogP contribution >= 0.6 is 11.8 Å². The summed E-state index contributed by atoms with van der Waals surface area (Å²) >= 11 is 1.68. The van der Waals surface area contributed by atoms with E-state index in [1.807, 2.05) is 24.3 Å². The highest BCUT2D eigenvalue weighted by Gasteiger charge is 2.73. The van der Waals surface area contributed by atoms with E-state index in [1.165, 1.54) is 0 Å². The summed E-state index contributed by atoms with van der Waals surface area (Å²) in [6.07, 6.45) is 7.00. The minimum atomic E-state index is -0.673. The number of likely N-dealkylation sites (tertiary alicyclic amines) is 1. The van der Waals surface area contributed by atoms with Gasteiger partial charge in [-0.15, -0.1) is 24.9 Å². The van der Waals surface area contributed by atoms with E-state index in [0.717, 1.165) is 19.3 Å². The van der Waals surface area contributed by atoms with E-state index in [4.69, 9.17) is 4.74 Å². The van der Waals surface area contributed by atoms with Gasteiger partial charge in [0.25, 0.3) is 5.91 Å². The second kappa shape index (κ2) is 11.9. The summed E-state index contributed by atoms with van der Waals surface area (Å²) in [7, 11) is 3.34. The molecule has 38 heavy (non-hydrogen) atoms. The van der Waals surface area contributed by atoms with Gasteiger partial charge in [0, 0.05) is 44.2 Å². The van der Waals surface area contributed by atoms with Crippen LogP contribution in [0.25, 0.3) is 0 Å². The maximum atomic E-state index is 14.5. The first-order valence-electron chi connectivity index (χ1n) is 13.4. The van der Waals surface area contributed by atoms with Crippen LogP contribution in [0.4, 0.5) is 5.69 Å². The average Bonchev–Trinajstić information content (AvgIpc) is 3.56. The van der Waals surface area contributed by atoms with E-state index in [0.29, 0.717) is 43.9 Å². The Balaban J connectivity index is 1.72. The first kappa shape index (κ1) is 28.2. The van der Waals surface area contributed by atoms with Gasteiger partial charge >= 0.3 is 0 Å². The Morgan fingerprint density at radius 3 is 2.50 bits per heavy atom. The minimum Gasteiger partial charge on any atom is -0.497 e. The van der Waals surface area contributed by atoms with Crippen molar-refractivity contribution in [3.63, 3.8) is 0 Å². The number of benzene rings is 1. The van der Waals surface area contributed by atoms with Crippen LogP contribution in [0.1, 0.15) is 32.1 Å². The fraction of sp³-hybridized carbons (Fsp3) is 0.552. The molecule has 1 spiro atoms. The van der Waals surface area contributed by atoms with Gasteiger partial charge in [0.2, 0.25) is 11.8 Å². The number of rotatable bonds is 13. The van der Waals surface area contributed by atoms with Crippen LogP contribution in [0.2, 0.25) is 0 Å². The van der Waals surface area contributed by atoms with E-state index in [-0.39, 0.29) is 29.6 Å². The summed E-state index contributed by atoms with van der Waals surface area (Å²) in [6.45, 7) is 8.85. The van der Waals surface area contributed by atoms with Gasteiger partial charge in [0.15, 0.2) is 0 Å². The number of amides is 3. The summed E-state index contributed by atoms with van der Waals surface area (Å²) in [4.78, 5) is 47.2. The zero-order valence-corrected chi connectivity index (χ0v) is 23.2. The van der Waals surface area contributed by atoms with Gasteiger partial charge < -0.3 is 24.5 Å². The summed E-state index contributed by atoms with van der Waals surface area (Å²) in [6, 6.07) is 6.63. The van der Waals surface area contributed by atoms with Crippen LogP contribution in [0, 0.1) is 11.8 Å². The quantitative estimate of drug-likeness (QED) is 0.305. The largest absolute Gasteiger partial charge is 0.497 e. The molecule has 3 heterocycles. The highest BCUT2D eigenvalue weighted by atomic mass is 32.2. The normalized spacial score (nSPS) is 27.2. The zero-order chi connectivity index (χ0) is 27.4. The van der Waals surface area contributed by atoms with Gasteiger partial charge in [0.05, 0.1) is 23.7 Å². The Morgan fingerprint density at radius 1 is 1.16 bits per heavy atom. The van der Waals surface area contributed by atoms with Crippen LogP contribution in [0.5, 0.6) is 5.75 Å². The lowest BCUT2D eigenvalue weighted by molar-refractivity contribution is -0.143. The van der Waals surface area contributed by atoms with E-state index in [1.54, 1.807) is 52.8 Å². The third-order valence-electron chi connectivity index (χ3n) is 8.12. The fourth-order valence-corrected chi connectivity index (χ4v) is 8.63. The molecule has 3 saturated heterocycles. The Bertz CT molecular complexity index is 1060. The van der Waals surface area contributed by atoms with Crippen molar-refractivity contribution in [1.29, 1.82) is 0 Å². The molecule has 3 fully saturated rings. The molecule has 4 rings (SSSR count).